The molecule has 1 heterocycles. The van der Waals surface area contributed by atoms with E-state index in [1.165, 1.54) is 12.2 Å². The lowest BCUT2D eigenvalue weighted by molar-refractivity contribution is 0.248. The highest BCUT2D eigenvalue weighted by Gasteiger charge is 2.16. The zero-order valence-electron chi connectivity index (χ0n) is 12.2. The summed E-state index contributed by atoms with van der Waals surface area (Å²) in [6, 6.07) is 8.09. The van der Waals surface area contributed by atoms with Crippen LogP contribution in [-0.4, -0.2) is 37.2 Å². The minimum absolute atomic E-state index is 0.102. The number of urea groups is 1. The molecule has 2 rings (SSSR count). The van der Waals surface area contributed by atoms with Crippen LogP contribution in [0.1, 0.15) is 19.8 Å². The minimum atomic E-state index is -0.102. The summed E-state index contributed by atoms with van der Waals surface area (Å²) in [4.78, 5) is 14.2. The molecule has 110 valence electrons. The lowest BCUT2D eigenvalue weighted by atomic mass is 10.2. The van der Waals surface area contributed by atoms with Crippen LogP contribution in [0.4, 0.5) is 16.2 Å². The standard InChI is InChI=1S/C15H23N3OS/c1-3-18(2)14-9-5-4-8-13(14)17-15(19)16-12-7-6-10-20-11-12/h4-5,8-9,12H,3,6-7,10-11H2,1-2H3,(H2,16,17,19). The first-order valence-electron chi connectivity index (χ1n) is 7.16. The summed E-state index contributed by atoms with van der Waals surface area (Å²) in [6.45, 7) is 3.00. The predicted octanol–water partition coefficient (Wildman–Crippen LogP) is 3.16. The summed E-state index contributed by atoms with van der Waals surface area (Å²) in [5.74, 6) is 2.23. The van der Waals surface area contributed by atoms with Crippen LogP contribution >= 0.6 is 11.8 Å². The van der Waals surface area contributed by atoms with E-state index >= 15 is 0 Å². The molecular weight excluding hydrogens is 270 g/mol. The average Bonchev–Trinajstić information content (AvgIpc) is 2.48. The number of rotatable bonds is 4. The Kier molecular flexibility index (Phi) is 5.59. The monoisotopic (exact) mass is 293 g/mol. The third-order valence-electron chi connectivity index (χ3n) is 3.53. The van der Waals surface area contributed by atoms with Gasteiger partial charge in [-0.3, -0.25) is 0 Å². The molecule has 1 aromatic rings. The molecular formula is C15H23N3OS. The second-order valence-corrected chi connectivity index (χ2v) is 6.19. The van der Waals surface area contributed by atoms with Gasteiger partial charge in [-0.15, -0.1) is 0 Å². The van der Waals surface area contributed by atoms with Crippen molar-refractivity contribution in [1.82, 2.24) is 5.32 Å². The first-order chi connectivity index (χ1) is 9.70. The molecule has 1 aliphatic rings. The van der Waals surface area contributed by atoms with Crippen LogP contribution in [-0.2, 0) is 0 Å². The third kappa shape index (κ3) is 4.07. The van der Waals surface area contributed by atoms with Crippen LogP contribution in [0.15, 0.2) is 24.3 Å². The molecule has 0 aromatic heterocycles. The Morgan fingerprint density at radius 3 is 2.95 bits per heavy atom. The summed E-state index contributed by atoms with van der Waals surface area (Å²) in [6.07, 6.45) is 2.27. The van der Waals surface area contributed by atoms with E-state index in [0.29, 0.717) is 6.04 Å². The van der Waals surface area contributed by atoms with Crippen molar-refractivity contribution in [2.45, 2.75) is 25.8 Å². The van der Waals surface area contributed by atoms with Gasteiger partial charge < -0.3 is 15.5 Å². The third-order valence-corrected chi connectivity index (χ3v) is 4.75. The highest BCUT2D eigenvalue weighted by atomic mass is 32.2. The SMILES string of the molecule is CCN(C)c1ccccc1NC(=O)NC1CCCSC1. The fourth-order valence-electron chi connectivity index (χ4n) is 2.28. The maximum absolute atomic E-state index is 12.1. The summed E-state index contributed by atoms with van der Waals surface area (Å²) in [5.41, 5.74) is 1.90. The van der Waals surface area contributed by atoms with Gasteiger partial charge in [0.15, 0.2) is 0 Å². The van der Waals surface area contributed by atoms with Gasteiger partial charge in [-0.05, 0) is 37.7 Å². The number of para-hydroxylation sites is 2. The molecule has 1 fully saturated rings. The first-order valence-corrected chi connectivity index (χ1v) is 8.31. The number of hydrogen-bond donors (Lipinski definition) is 2. The van der Waals surface area contributed by atoms with Crippen LogP contribution in [0, 0.1) is 0 Å². The molecule has 1 aromatic carbocycles. The quantitative estimate of drug-likeness (QED) is 0.896. The molecule has 4 nitrogen and oxygen atoms in total. The molecule has 1 aliphatic heterocycles. The predicted molar refractivity (Wildman–Crippen MR) is 87.9 cm³/mol. The number of nitrogens with one attached hydrogen (secondary N) is 2. The Morgan fingerprint density at radius 1 is 1.45 bits per heavy atom. The van der Waals surface area contributed by atoms with Crippen LogP contribution in [0.3, 0.4) is 0 Å². The van der Waals surface area contributed by atoms with Crippen LogP contribution in [0.5, 0.6) is 0 Å². The van der Waals surface area contributed by atoms with Crippen molar-refractivity contribution in [2.24, 2.45) is 0 Å². The lowest BCUT2D eigenvalue weighted by Crippen LogP contribution is -2.41. The number of benzene rings is 1. The number of hydrogen-bond acceptors (Lipinski definition) is 3. The van der Waals surface area contributed by atoms with E-state index in [0.717, 1.165) is 30.1 Å². The van der Waals surface area contributed by atoms with E-state index in [1.807, 2.05) is 43.1 Å². The second-order valence-electron chi connectivity index (χ2n) is 5.04. The van der Waals surface area contributed by atoms with E-state index in [9.17, 15) is 4.79 Å². The van der Waals surface area contributed by atoms with Crippen molar-refractivity contribution in [3.63, 3.8) is 0 Å². The number of carbonyl (C=O) groups is 1. The zero-order chi connectivity index (χ0) is 14.4. The van der Waals surface area contributed by atoms with Crippen molar-refractivity contribution >= 4 is 29.2 Å². The highest BCUT2D eigenvalue weighted by molar-refractivity contribution is 7.99. The van der Waals surface area contributed by atoms with Crippen LogP contribution in [0.2, 0.25) is 0 Å². The first kappa shape index (κ1) is 15.0. The van der Waals surface area contributed by atoms with Gasteiger partial charge in [0.1, 0.15) is 0 Å². The Bertz CT molecular complexity index is 446. The normalized spacial score (nSPS) is 18.4. The largest absolute Gasteiger partial charge is 0.373 e. The van der Waals surface area contributed by atoms with E-state index in [4.69, 9.17) is 0 Å². The van der Waals surface area contributed by atoms with Gasteiger partial charge >= 0.3 is 6.03 Å². The van der Waals surface area contributed by atoms with Gasteiger partial charge in [0, 0.05) is 25.4 Å². The molecule has 20 heavy (non-hydrogen) atoms. The van der Waals surface area contributed by atoms with E-state index in [1.54, 1.807) is 0 Å². The molecule has 0 saturated carbocycles. The Labute approximate surface area is 125 Å². The highest BCUT2D eigenvalue weighted by Crippen LogP contribution is 2.24. The number of thioether (sulfide) groups is 1. The number of amides is 2. The maximum atomic E-state index is 12.1. The fraction of sp³-hybridized carbons (Fsp3) is 0.533. The van der Waals surface area contributed by atoms with E-state index in [2.05, 4.69) is 22.5 Å². The smallest absolute Gasteiger partial charge is 0.319 e. The number of nitrogens with zero attached hydrogens (tertiary/aromatic N) is 1. The second kappa shape index (κ2) is 7.43. The minimum Gasteiger partial charge on any atom is -0.373 e. The van der Waals surface area contributed by atoms with Crippen LogP contribution in [0.25, 0.3) is 0 Å². The maximum Gasteiger partial charge on any atom is 0.319 e. The summed E-state index contributed by atoms with van der Waals surface area (Å²) in [7, 11) is 2.02. The van der Waals surface area contributed by atoms with Gasteiger partial charge in [-0.25, -0.2) is 4.79 Å². The molecule has 2 amide bonds. The van der Waals surface area contributed by atoms with Gasteiger partial charge in [-0.2, -0.15) is 11.8 Å². The Balaban J connectivity index is 1.96. The average molecular weight is 293 g/mol. The lowest BCUT2D eigenvalue weighted by Gasteiger charge is -2.24. The van der Waals surface area contributed by atoms with Crippen molar-refractivity contribution < 1.29 is 4.79 Å². The Morgan fingerprint density at radius 2 is 2.25 bits per heavy atom. The summed E-state index contributed by atoms with van der Waals surface area (Å²) >= 11 is 1.91. The molecule has 0 aliphatic carbocycles. The van der Waals surface area contributed by atoms with Crippen LogP contribution < -0.4 is 15.5 Å². The van der Waals surface area contributed by atoms with Crippen molar-refractivity contribution in [1.29, 1.82) is 0 Å². The molecule has 0 spiro atoms. The molecule has 5 heteroatoms. The topological polar surface area (TPSA) is 44.4 Å². The number of anilines is 2. The van der Waals surface area contributed by atoms with Crippen molar-refractivity contribution in [3.05, 3.63) is 24.3 Å². The van der Waals surface area contributed by atoms with Gasteiger partial charge in [0.05, 0.1) is 11.4 Å². The molecule has 2 N–H and O–H groups in total. The molecule has 1 unspecified atom stereocenters. The summed E-state index contributed by atoms with van der Waals surface area (Å²) < 4.78 is 0. The molecule has 1 atom stereocenters. The number of carbonyl (C=O) groups excluding carboxylic acids is 1. The van der Waals surface area contributed by atoms with Gasteiger partial charge in [0.2, 0.25) is 0 Å². The molecule has 1 saturated heterocycles. The van der Waals surface area contributed by atoms with Crippen molar-refractivity contribution in [3.8, 4) is 0 Å². The Hall–Kier alpha value is -1.36. The van der Waals surface area contributed by atoms with Gasteiger partial charge in [0.25, 0.3) is 0 Å². The summed E-state index contributed by atoms with van der Waals surface area (Å²) in [5, 5.41) is 6.03. The van der Waals surface area contributed by atoms with E-state index in [-0.39, 0.29) is 6.03 Å². The fourth-order valence-corrected chi connectivity index (χ4v) is 3.35. The molecule has 0 bridgehead atoms. The molecule has 0 radical (unpaired) electrons. The van der Waals surface area contributed by atoms with E-state index < -0.39 is 0 Å². The van der Waals surface area contributed by atoms with Gasteiger partial charge in [-0.1, -0.05) is 12.1 Å². The van der Waals surface area contributed by atoms with Crippen molar-refractivity contribution in [2.75, 3.05) is 35.3 Å². The zero-order valence-corrected chi connectivity index (χ0v) is 13.0.